The second-order valence-corrected chi connectivity index (χ2v) is 6.92. The monoisotopic (exact) mass is 489 g/mol. The van der Waals surface area contributed by atoms with Gasteiger partial charge in [-0.1, -0.05) is 30.3 Å². The summed E-state index contributed by atoms with van der Waals surface area (Å²) < 4.78 is 11.4. The van der Waals surface area contributed by atoms with Gasteiger partial charge in [0.05, 0.1) is 13.2 Å². The standard InChI is InChI=1S/C21H35N3O2.HI/c1-3-22-21(24(2)14-16-26-18-20-11-12-20)23-13-7-8-15-25-17-19-9-5-4-6-10-19;/h4-6,9-10,20H,3,7-8,11-18H2,1-2H3,(H,22,23);1H. The second-order valence-electron chi connectivity index (χ2n) is 6.92. The van der Waals surface area contributed by atoms with Crippen molar-refractivity contribution in [3.05, 3.63) is 35.9 Å². The van der Waals surface area contributed by atoms with Crippen LogP contribution in [0.5, 0.6) is 0 Å². The van der Waals surface area contributed by atoms with Gasteiger partial charge in [-0.05, 0) is 44.1 Å². The number of likely N-dealkylation sites (N-methyl/N-ethyl adjacent to an activating group) is 1. The molecule has 0 unspecified atom stereocenters. The number of hydrogen-bond donors (Lipinski definition) is 1. The van der Waals surface area contributed by atoms with Gasteiger partial charge in [0.15, 0.2) is 5.96 Å². The third-order valence-corrected chi connectivity index (χ3v) is 4.39. The van der Waals surface area contributed by atoms with Crippen LogP contribution in [0.4, 0.5) is 0 Å². The summed E-state index contributed by atoms with van der Waals surface area (Å²) in [6.45, 7) is 7.84. The summed E-state index contributed by atoms with van der Waals surface area (Å²) in [4.78, 5) is 6.87. The Hall–Kier alpha value is -0.860. The summed E-state index contributed by atoms with van der Waals surface area (Å²) in [7, 11) is 2.07. The largest absolute Gasteiger partial charge is 0.379 e. The smallest absolute Gasteiger partial charge is 0.193 e. The number of halogens is 1. The molecule has 5 nitrogen and oxygen atoms in total. The van der Waals surface area contributed by atoms with Gasteiger partial charge in [0, 0.05) is 39.9 Å². The summed E-state index contributed by atoms with van der Waals surface area (Å²) >= 11 is 0. The minimum atomic E-state index is 0. The normalized spacial score (nSPS) is 13.9. The van der Waals surface area contributed by atoms with E-state index in [0.717, 1.165) is 64.2 Å². The van der Waals surface area contributed by atoms with Gasteiger partial charge >= 0.3 is 0 Å². The van der Waals surface area contributed by atoms with Crippen molar-refractivity contribution in [2.75, 3.05) is 46.5 Å². The van der Waals surface area contributed by atoms with Gasteiger partial charge in [-0.2, -0.15) is 0 Å². The highest BCUT2D eigenvalue weighted by Gasteiger charge is 2.21. The summed E-state index contributed by atoms with van der Waals surface area (Å²) in [6, 6.07) is 10.3. The Kier molecular flexibility index (Phi) is 13.5. The fourth-order valence-corrected chi connectivity index (χ4v) is 2.58. The van der Waals surface area contributed by atoms with E-state index in [1.807, 2.05) is 18.2 Å². The quantitative estimate of drug-likeness (QED) is 0.198. The molecule has 154 valence electrons. The number of hydrogen-bond acceptors (Lipinski definition) is 3. The number of unbranched alkanes of at least 4 members (excludes halogenated alkanes) is 1. The number of rotatable bonds is 13. The van der Waals surface area contributed by atoms with Crippen molar-refractivity contribution >= 4 is 29.9 Å². The topological polar surface area (TPSA) is 46.1 Å². The maximum absolute atomic E-state index is 5.72. The van der Waals surface area contributed by atoms with Gasteiger partial charge in [0.25, 0.3) is 0 Å². The lowest BCUT2D eigenvalue weighted by molar-refractivity contribution is 0.115. The Morgan fingerprint density at radius 2 is 1.93 bits per heavy atom. The van der Waals surface area contributed by atoms with Gasteiger partial charge in [0.2, 0.25) is 0 Å². The van der Waals surface area contributed by atoms with E-state index in [9.17, 15) is 0 Å². The van der Waals surface area contributed by atoms with Crippen LogP contribution in [-0.2, 0) is 16.1 Å². The molecular weight excluding hydrogens is 453 g/mol. The first kappa shape index (κ1) is 24.2. The van der Waals surface area contributed by atoms with Crippen LogP contribution in [0, 0.1) is 5.92 Å². The Bertz CT molecular complexity index is 509. The molecule has 0 amide bonds. The highest BCUT2D eigenvalue weighted by molar-refractivity contribution is 14.0. The van der Waals surface area contributed by atoms with Crippen molar-refractivity contribution in [3.63, 3.8) is 0 Å². The summed E-state index contributed by atoms with van der Waals surface area (Å²) in [5.41, 5.74) is 1.23. The first-order valence-electron chi connectivity index (χ1n) is 9.98. The number of nitrogens with one attached hydrogen (secondary N) is 1. The van der Waals surface area contributed by atoms with Crippen LogP contribution in [0.25, 0.3) is 0 Å². The first-order chi connectivity index (χ1) is 12.8. The molecule has 0 atom stereocenters. The second kappa shape index (κ2) is 15.1. The highest BCUT2D eigenvalue weighted by Crippen LogP contribution is 2.28. The van der Waals surface area contributed by atoms with Crippen LogP contribution in [0.3, 0.4) is 0 Å². The molecule has 0 heterocycles. The molecule has 1 N–H and O–H groups in total. The minimum Gasteiger partial charge on any atom is -0.379 e. The fraction of sp³-hybridized carbons (Fsp3) is 0.667. The zero-order chi connectivity index (χ0) is 18.5. The molecule has 1 aliphatic carbocycles. The number of aliphatic imine (C=N–C) groups is 1. The molecule has 0 aliphatic heterocycles. The zero-order valence-corrected chi connectivity index (χ0v) is 19.2. The molecule has 0 spiro atoms. The lowest BCUT2D eigenvalue weighted by Crippen LogP contribution is -2.40. The van der Waals surface area contributed by atoms with Crippen molar-refractivity contribution in [1.29, 1.82) is 0 Å². The molecule has 1 aromatic carbocycles. The third-order valence-electron chi connectivity index (χ3n) is 4.39. The van der Waals surface area contributed by atoms with Gasteiger partial charge in [-0.25, -0.2) is 0 Å². The molecule has 1 fully saturated rings. The van der Waals surface area contributed by atoms with E-state index in [4.69, 9.17) is 14.5 Å². The molecule has 0 saturated heterocycles. The van der Waals surface area contributed by atoms with Gasteiger partial charge in [0.1, 0.15) is 0 Å². The van der Waals surface area contributed by atoms with Crippen molar-refractivity contribution in [2.24, 2.45) is 10.9 Å². The van der Waals surface area contributed by atoms with Gasteiger partial charge in [-0.3, -0.25) is 4.99 Å². The third kappa shape index (κ3) is 11.5. The lowest BCUT2D eigenvalue weighted by Gasteiger charge is -2.22. The zero-order valence-electron chi connectivity index (χ0n) is 16.9. The Labute approximate surface area is 181 Å². The predicted molar refractivity (Wildman–Crippen MR) is 123 cm³/mol. The Morgan fingerprint density at radius 1 is 1.15 bits per heavy atom. The van der Waals surface area contributed by atoms with Crippen LogP contribution in [0.15, 0.2) is 35.3 Å². The lowest BCUT2D eigenvalue weighted by atomic mass is 10.2. The fourth-order valence-electron chi connectivity index (χ4n) is 2.58. The number of guanidine groups is 1. The van der Waals surface area contributed by atoms with E-state index in [1.54, 1.807) is 0 Å². The number of benzene rings is 1. The molecule has 6 heteroatoms. The number of ether oxygens (including phenoxy) is 2. The number of nitrogens with zero attached hydrogens (tertiary/aromatic N) is 2. The summed E-state index contributed by atoms with van der Waals surface area (Å²) in [5, 5.41) is 3.36. The van der Waals surface area contributed by atoms with Crippen molar-refractivity contribution < 1.29 is 9.47 Å². The molecule has 0 radical (unpaired) electrons. The van der Waals surface area contributed by atoms with Crippen LogP contribution >= 0.6 is 24.0 Å². The van der Waals surface area contributed by atoms with E-state index >= 15 is 0 Å². The molecular formula is C21H36IN3O2. The molecule has 1 aromatic rings. The Balaban J connectivity index is 0.00000364. The van der Waals surface area contributed by atoms with Gasteiger partial charge in [-0.15, -0.1) is 24.0 Å². The average molecular weight is 489 g/mol. The van der Waals surface area contributed by atoms with Crippen LogP contribution in [0.1, 0.15) is 38.2 Å². The molecule has 1 saturated carbocycles. The summed E-state index contributed by atoms with van der Waals surface area (Å²) in [5.74, 6) is 1.79. The summed E-state index contributed by atoms with van der Waals surface area (Å²) in [6.07, 6.45) is 4.75. The Morgan fingerprint density at radius 3 is 2.63 bits per heavy atom. The highest BCUT2D eigenvalue weighted by atomic mass is 127. The molecule has 27 heavy (non-hydrogen) atoms. The minimum absolute atomic E-state index is 0. The van der Waals surface area contributed by atoms with Crippen molar-refractivity contribution in [1.82, 2.24) is 10.2 Å². The maximum atomic E-state index is 5.72. The predicted octanol–water partition coefficient (Wildman–Crippen LogP) is 3.93. The molecule has 0 aromatic heterocycles. The van der Waals surface area contributed by atoms with Crippen molar-refractivity contribution in [3.8, 4) is 0 Å². The SMILES string of the molecule is CCNC(=NCCCCOCc1ccccc1)N(C)CCOCC1CC1.I. The van der Waals surface area contributed by atoms with Crippen LogP contribution in [0.2, 0.25) is 0 Å². The van der Waals surface area contributed by atoms with E-state index < -0.39 is 0 Å². The molecule has 0 bridgehead atoms. The average Bonchev–Trinajstić information content (AvgIpc) is 3.48. The van der Waals surface area contributed by atoms with E-state index in [-0.39, 0.29) is 24.0 Å². The van der Waals surface area contributed by atoms with E-state index in [1.165, 1.54) is 18.4 Å². The van der Waals surface area contributed by atoms with Crippen molar-refractivity contribution in [2.45, 2.75) is 39.2 Å². The molecule has 2 rings (SSSR count). The van der Waals surface area contributed by atoms with Crippen LogP contribution < -0.4 is 5.32 Å². The first-order valence-corrected chi connectivity index (χ1v) is 9.98. The van der Waals surface area contributed by atoms with Gasteiger partial charge < -0.3 is 19.7 Å². The maximum Gasteiger partial charge on any atom is 0.193 e. The van der Waals surface area contributed by atoms with Crippen LogP contribution in [-0.4, -0.2) is 57.4 Å². The van der Waals surface area contributed by atoms with E-state index in [2.05, 4.69) is 36.3 Å². The van der Waals surface area contributed by atoms with E-state index in [0.29, 0.717) is 6.61 Å². The molecule has 1 aliphatic rings.